The number of alkyl halides is 3. The summed E-state index contributed by atoms with van der Waals surface area (Å²) >= 11 is 13.2. The number of aryl methyl sites for hydroxylation is 2. The number of carbonyl (C=O) groups is 3. The quantitative estimate of drug-likeness (QED) is 0.168. The molecule has 3 amide bonds. The van der Waals surface area contributed by atoms with Crippen molar-refractivity contribution in [2.45, 2.75) is 32.4 Å². The molecule has 0 saturated carbocycles. The number of anilines is 1. The Hall–Kier alpha value is -4.18. The van der Waals surface area contributed by atoms with E-state index in [1.54, 1.807) is 38.2 Å². The number of ether oxygens (including phenoxy) is 1. The van der Waals surface area contributed by atoms with Gasteiger partial charge in [-0.3, -0.25) is 14.4 Å². The molecule has 6 nitrogen and oxygen atoms in total. The van der Waals surface area contributed by atoms with Crippen LogP contribution in [0.5, 0.6) is 0 Å². The summed E-state index contributed by atoms with van der Waals surface area (Å²) in [5.41, 5.74) is 2.38. The molecule has 0 spiro atoms. The topological polar surface area (TPSA) is 70.2 Å². The average molecular weight is 637 g/mol. The Balaban J connectivity index is 1.30. The lowest BCUT2D eigenvalue weighted by molar-refractivity contribution is -0.137. The first-order chi connectivity index (χ1) is 20.8. The van der Waals surface area contributed by atoms with Gasteiger partial charge >= 0.3 is 6.18 Å². The number of imide groups is 1. The summed E-state index contributed by atoms with van der Waals surface area (Å²) in [6.07, 6.45) is -5.47. The number of rotatable bonds is 3. The van der Waals surface area contributed by atoms with Gasteiger partial charge in [0.2, 0.25) is 0 Å². The number of nitrogens with zero attached hydrogens (tertiary/aromatic N) is 2. The lowest BCUT2D eigenvalue weighted by Crippen LogP contribution is -2.34. The SMILES string of the molecule is Cc1ccc(-c2ccc(N3C(=O)c4cc(Cl)c(-c5cc6c(cc5Cl)C(=O)N(C)C5OC65)cc4C3=O)cc2C(F)(F)F)c(C)c1. The summed E-state index contributed by atoms with van der Waals surface area (Å²) in [4.78, 5) is 42.1. The third-order valence-electron chi connectivity index (χ3n) is 8.35. The molecule has 2 atom stereocenters. The van der Waals surface area contributed by atoms with E-state index in [-0.39, 0.29) is 50.7 Å². The number of carbonyl (C=O) groups excluding carboxylic acids is 3. The third-order valence-corrected chi connectivity index (χ3v) is 8.98. The molecule has 11 heteroatoms. The van der Waals surface area contributed by atoms with Gasteiger partial charge in [-0.1, -0.05) is 53.0 Å². The van der Waals surface area contributed by atoms with Gasteiger partial charge < -0.3 is 9.64 Å². The van der Waals surface area contributed by atoms with E-state index in [1.165, 1.54) is 35.2 Å². The maximum atomic E-state index is 14.3. The number of likely N-dealkylation sites (N-methyl/N-ethyl adjacent to an activating group) is 1. The van der Waals surface area contributed by atoms with Crippen molar-refractivity contribution in [1.29, 1.82) is 0 Å². The second kappa shape index (κ2) is 9.66. The molecule has 1 fully saturated rings. The van der Waals surface area contributed by atoms with Gasteiger partial charge in [-0.25, -0.2) is 4.90 Å². The fourth-order valence-corrected chi connectivity index (χ4v) is 6.64. The molecule has 0 N–H and O–H groups in total. The zero-order valence-corrected chi connectivity index (χ0v) is 24.9. The van der Waals surface area contributed by atoms with Crippen molar-refractivity contribution < 1.29 is 32.3 Å². The number of epoxide rings is 1. The van der Waals surface area contributed by atoms with Gasteiger partial charge in [0.25, 0.3) is 17.7 Å². The number of hydrogen-bond acceptors (Lipinski definition) is 4. The van der Waals surface area contributed by atoms with Gasteiger partial charge in [0.05, 0.1) is 22.4 Å². The highest BCUT2D eigenvalue weighted by Gasteiger charge is 2.51. The number of fused-ring (bicyclic) bond motifs is 4. The molecular weight excluding hydrogens is 616 g/mol. The Kier molecular flexibility index (Phi) is 6.27. The molecule has 44 heavy (non-hydrogen) atoms. The Labute approximate surface area is 259 Å². The lowest BCUT2D eigenvalue weighted by atomic mass is 9.92. The van der Waals surface area contributed by atoms with Gasteiger partial charge in [0.1, 0.15) is 6.10 Å². The number of benzene rings is 4. The molecule has 0 aromatic heterocycles. The van der Waals surface area contributed by atoms with Crippen LogP contribution in [0.15, 0.2) is 60.7 Å². The van der Waals surface area contributed by atoms with Crippen LogP contribution < -0.4 is 4.90 Å². The number of halogens is 5. The highest BCUT2D eigenvalue weighted by atomic mass is 35.5. The Morgan fingerprint density at radius 2 is 1.32 bits per heavy atom. The first kappa shape index (κ1) is 28.6. The Morgan fingerprint density at radius 1 is 0.705 bits per heavy atom. The summed E-state index contributed by atoms with van der Waals surface area (Å²) in [6, 6.07) is 14.5. The number of hydrogen-bond donors (Lipinski definition) is 0. The minimum Gasteiger partial charge on any atom is -0.342 e. The maximum absolute atomic E-state index is 14.3. The zero-order valence-electron chi connectivity index (χ0n) is 23.3. The summed E-state index contributed by atoms with van der Waals surface area (Å²) in [5, 5.41) is 0.291. The van der Waals surface area contributed by atoms with Gasteiger partial charge in [-0.05, 0) is 72.5 Å². The van der Waals surface area contributed by atoms with Crippen molar-refractivity contribution in [3.63, 3.8) is 0 Å². The minimum atomic E-state index is -4.76. The first-order valence-electron chi connectivity index (χ1n) is 13.5. The molecule has 7 rings (SSSR count). The molecule has 222 valence electrons. The fourth-order valence-electron chi connectivity index (χ4n) is 6.11. The largest absolute Gasteiger partial charge is 0.417 e. The monoisotopic (exact) mass is 636 g/mol. The van der Waals surface area contributed by atoms with Gasteiger partial charge in [0.15, 0.2) is 6.23 Å². The fraction of sp³-hybridized carbons (Fsp3) is 0.182. The van der Waals surface area contributed by atoms with E-state index >= 15 is 0 Å². The van der Waals surface area contributed by atoms with E-state index in [2.05, 4.69) is 0 Å². The molecule has 0 bridgehead atoms. The second-order valence-electron chi connectivity index (χ2n) is 11.2. The van der Waals surface area contributed by atoms with Gasteiger partial charge in [0, 0.05) is 33.8 Å². The van der Waals surface area contributed by atoms with E-state index in [9.17, 15) is 27.6 Å². The molecular formula is C33H21Cl2F3N2O4. The molecule has 2 unspecified atom stereocenters. The highest BCUT2D eigenvalue weighted by Crippen LogP contribution is 2.50. The van der Waals surface area contributed by atoms with Crippen molar-refractivity contribution in [1.82, 2.24) is 4.90 Å². The van der Waals surface area contributed by atoms with Crippen LogP contribution in [0.2, 0.25) is 10.0 Å². The number of amides is 3. The predicted molar refractivity (Wildman–Crippen MR) is 159 cm³/mol. The third kappa shape index (κ3) is 4.25. The average Bonchev–Trinajstić information content (AvgIpc) is 3.73. The molecule has 3 heterocycles. The maximum Gasteiger partial charge on any atom is 0.417 e. The lowest BCUT2D eigenvalue weighted by Gasteiger charge is -2.22. The van der Waals surface area contributed by atoms with E-state index in [1.807, 2.05) is 6.92 Å². The Morgan fingerprint density at radius 3 is 1.98 bits per heavy atom. The normalized spacial score (nSPS) is 18.9. The van der Waals surface area contributed by atoms with Gasteiger partial charge in [-0.2, -0.15) is 13.2 Å². The smallest absolute Gasteiger partial charge is 0.342 e. The summed E-state index contributed by atoms with van der Waals surface area (Å²) in [7, 11) is 1.64. The van der Waals surface area contributed by atoms with Crippen LogP contribution in [-0.4, -0.2) is 35.9 Å². The molecule has 0 aliphatic carbocycles. The van der Waals surface area contributed by atoms with E-state index in [0.29, 0.717) is 33.4 Å². The van der Waals surface area contributed by atoms with Crippen LogP contribution in [0.3, 0.4) is 0 Å². The molecule has 1 saturated heterocycles. The van der Waals surface area contributed by atoms with E-state index < -0.39 is 23.6 Å². The van der Waals surface area contributed by atoms with Crippen molar-refractivity contribution in [2.24, 2.45) is 0 Å². The molecule has 0 radical (unpaired) electrons. The molecule has 3 aliphatic rings. The second-order valence-corrected chi connectivity index (χ2v) is 12.0. The molecule has 4 aromatic rings. The van der Waals surface area contributed by atoms with Crippen molar-refractivity contribution in [3.8, 4) is 22.3 Å². The van der Waals surface area contributed by atoms with Crippen molar-refractivity contribution in [3.05, 3.63) is 110 Å². The van der Waals surface area contributed by atoms with Crippen LogP contribution in [0.25, 0.3) is 22.3 Å². The van der Waals surface area contributed by atoms with E-state index in [4.69, 9.17) is 27.9 Å². The Bertz CT molecular complexity index is 1990. The zero-order chi connectivity index (χ0) is 31.4. The minimum absolute atomic E-state index is 0.0356. The van der Waals surface area contributed by atoms with Crippen LogP contribution in [0, 0.1) is 13.8 Å². The van der Waals surface area contributed by atoms with E-state index in [0.717, 1.165) is 16.5 Å². The van der Waals surface area contributed by atoms with Crippen LogP contribution >= 0.6 is 23.2 Å². The van der Waals surface area contributed by atoms with Crippen LogP contribution in [0.1, 0.15) is 59.4 Å². The first-order valence-corrected chi connectivity index (χ1v) is 14.3. The molecule has 3 aliphatic heterocycles. The van der Waals surface area contributed by atoms with Gasteiger partial charge in [-0.15, -0.1) is 0 Å². The predicted octanol–water partition coefficient (Wildman–Crippen LogP) is 8.25. The highest BCUT2D eigenvalue weighted by molar-refractivity contribution is 6.40. The summed E-state index contributed by atoms with van der Waals surface area (Å²) in [6.45, 7) is 3.57. The summed E-state index contributed by atoms with van der Waals surface area (Å²) < 4.78 is 48.7. The summed E-state index contributed by atoms with van der Waals surface area (Å²) in [5.74, 6) is -1.84. The van der Waals surface area contributed by atoms with Crippen LogP contribution in [0.4, 0.5) is 18.9 Å². The van der Waals surface area contributed by atoms with Crippen molar-refractivity contribution in [2.75, 3.05) is 11.9 Å². The molecule has 4 aromatic carbocycles. The van der Waals surface area contributed by atoms with Crippen molar-refractivity contribution >= 4 is 46.6 Å². The van der Waals surface area contributed by atoms with Crippen LogP contribution in [-0.2, 0) is 10.9 Å². The standard InChI is InChI=1S/C33H21Cl2F3N2O4/c1-14-4-6-17(15(2)8-14)18-7-5-16(9-25(18)33(36,37)38)40-30(42)22-11-20(27(35)13-24(22)31(40)43)19-10-21-23(12-26(19)34)29(41)39(3)32-28(21)44-32/h4-13,28,32H,1-3H3.